The second-order valence-electron chi connectivity index (χ2n) is 3.39. The van der Waals surface area contributed by atoms with Gasteiger partial charge in [-0.25, -0.2) is 0 Å². The van der Waals surface area contributed by atoms with Crippen LogP contribution in [-0.4, -0.2) is 11.7 Å². The van der Waals surface area contributed by atoms with Crippen LogP contribution in [0.4, 0.5) is 0 Å². The molecule has 14 heavy (non-hydrogen) atoms. The second-order valence-corrected chi connectivity index (χ2v) is 4.25. The Morgan fingerprint density at radius 1 is 1.50 bits per heavy atom. The van der Waals surface area contributed by atoms with E-state index in [1.807, 2.05) is 25.1 Å². The fourth-order valence-electron chi connectivity index (χ4n) is 1.54. The molecule has 2 nitrogen and oxygen atoms in total. The number of benzene rings is 1. The minimum Gasteiger partial charge on any atom is -0.463 e. The average Bonchev–Trinajstić information content (AvgIpc) is 2.59. The van der Waals surface area contributed by atoms with Crippen molar-refractivity contribution >= 4 is 26.9 Å². The van der Waals surface area contributed by atoms with Gasteiger partial charge >= 0.3 is 0 Å². The summed E-state index contributed by atoms with van der Waals surface area (Å²) in [5.41, 5.74) is 1.91. The van der Waals surface area contributed by atoms with Gasteiger partial charge in [-0.15, -0.1) is 0 Å². The summed E-state index contributed by atoms with van der Waals surface area (Å²) in [6, 6.07) is 5.96. The molecule has 0 saturated heterocycles. The second kappa shape index (κ2) is 3.75. The predicted octanol–water partition coefficient (Wildman–Crippen LogP) is 3.29. The van der Waals surface area contributed by atoms with Gasteiger partial charge < -0.3 is 9.52 Å². The molecule has 1 aromatic heterocycles. The van der Waals surface area contributed by atoms with Crippen LogP contribution < -0.4 is 0 Å². The van der Waals surface area contributed by atoms with Crippen molar-refractivity contribution in [1.82, 2.24) is 0 Å². The van der Waals surface area contributed by atoms with Gasteiger partial charge in [-0.2, -0.15) is 0 Å². The topological polar surface area (TPSA) is 33.4 Å². The molecule has 0 spiro atoms. The Labute approximate surface area is 90.7 Å². The zero-order chi connectivity index (χ0) is 10.1. The molecule has 1 atom stereocenters. The summed E-state index contributed by atoms with van der Waals surface area (Å²) in [6.07, 6.45) is 1.68. The zero-order valence-corrected chi connectivity index (χ0v) is 9.41. The van der Waals surface area contributed by atoms with Crippen LogP contribution in [0.5, 0.6) is 0 Å². The lowest BCUT2D eigenvalue weighted by Gasteiger charge is -2.07. The summed E-state index contributed by atoms with van der Waals surface area (Å²) in [7, 11) is 0. The number of aliphatic hydroxyl groups excluding tert-OH is 1. The quantitative estimate of drug-likeness (QED) is 0.893. The summed E-state index contributed by atoms with van der Waals surface area (Å²) in [4.78, 5) is 0. The molecular weight excluding hydrogens is 244 g/mol. The monoisotopic (exact) mass is 254 g/mol. The van der Waals surface area contributed by atoms with Gasteiger partial charge in [0.2, 0.25) is 0 Å². The van der Waals surface area contributed by atoms with E-state index in [0.717, 1.165) is 21.0 Å². The van der Waals surface area contributed by atoms with Crippen LogP contribution in [0.15, 0.2) is 33.4 Å². The van der Waals surface area contributed by atoms with Crippen LogP contribution in [0.2, 0.25) is 0 Å². The highest BCUT2D eigenvalue weighted by Crippen LogP contribution is 2.31. The third-order valence-corrected chi connectivity index (χ3v) is 3.00. The maximum atomic E-state index is 9.10. The first-order chi connectivity index (χ1) is 6.74. The minimum absolute atomic E-state index is 0.108. The van der Waals surface area contributed by atoms with Gasteiger partial charge in [0.25, 0.3) is 0 Å². The van der Waals surface area contributed by atoms with Gasteiger partial charge in [0.05, 0.1) is 4.47 Å². The fourth-order valence-corrected chi connectivity index (χ4v) is 1.94. The summed E-state index contributed by atoms with van der Waals surface area (Å²) >= 11 is 3.42. The molecule has 1 aromatic carbocycles. The van der Waals surface area contributed by atoms with Gasteiger partial charge in [0.15, 0.2) is 0 Å². The number of rotatable bonds is 2. The molecule has 1 heterocycles. The molecule has 3 heteroatoms. The van der Waals surface area contributed by atoms with E-state index in [1.165, 1.54) is 0 Å². The molecular formula is C11H11BrO2. The molecule has 2 aromatic rings. The molecule has 0 radical (unpaired) electrons. The number of furan rings is 1. The molecule has 0 amide bonds. The van der Waals surface area contributed by atoms with Crippen molar-refractivity contribution in [2.45, 2.75) is 12.8 Å². The normalized spacial score (nSPS) is 13.4. The van der Waals surface area contributed by atoms with Crippen molar-refractivity contribution in [3.05, 3.63) is 34.5 Å². The number of hydrogen-bond acceptors (Lipinski definition) is 2. The van der Waals surface area contributed by atoms with E-state index in [2.05, 4.69) is 15.9 Å². The average molecular weight is 255 g/mol. The first-order valence-electron chi connectivity index (χ1n) is 4.50. The molecule has 1 unspecified atom stereocenters. The van der Waals surface area contributed by atoms with Crippen molar-refractivity contribution in [2.24, 2.45) is 0 Å². The first kappa shape index (κ1) is 9.74. The van der Waals surface area contributed by atoms with E-state index in [4.69, 9.17) is 9.52 Å². The number of halogens is 1. The summed E-state index contributed by atoms with van der Waals surface area (Å²) < 4.78 is 6.40. The van der Waals surface area contributed by atoms with E-state index in [9.17, 15) is 0 Å². The molecule has 2 rings (SSSR count). The third-order valence-electron chi connectivity index (χ3n) is 2.39. The van der Waals surface area contributed by atoms with Crippen molar-refractivity contribution < 1.29 is 9.52 Å². The number of aliphatic hydroxyl groups is 1. The van der Waals surface area contributed by atoms with Crippen LogP contribution in [-0.2, 0) is 0 Å². The van der Waals surface area contributed by atoms with Crippen molar-refractivity contribution in [1.29, 1.82) is 0 Å². The molecule has 0 saturated carbocycles. The first-order valence-corrected chi connectivity index (χ1v) is 5.30. The Kier molecular flexibility index (Phi) is 2.61. The third kappa shape index (κ3) is 1.47. The molecule has 0 aliphatic rings. The smallest absolute Gasteiger partial charge is 0.138 e. The van der Waals surface area contributed by atoms with Crippen LogP contribution in [0.3, 0.4) is 0 Å². The van der Waals surface area contributed by atoms with Gasteiger partial charge in [-0.05, 0) is 22.0 Å². The van der Waals surface area contributed by atoms with E-state index < -0.39 is 0 Å². The lowest BCUT2D eigenvalue weighted by molar-refractivity contribution is 0.273. The largest absolute Gasteiger partial charge is 0.463 e. The summed E-state index contributed by atoms with van der Waals surface area (Å²) in [6.45, 7) is 2.11. The van der Waals surface area contributed by atoms with Crippen LogP contribution in [0.1, 0.15) is 18.4 Å². The maximum absolute atomic E-state index is 9.10. The highest BCUT2D eigenvalue weighted by molar-refractivity contribution is 9.10. The van der Waals surface area contributed by atoms with Crippen molar-refractivity contribution in [2.75, 3.05) is 6.61 Å². The molecule has 74 valence electrons. The zero-order valence-electron chi connectivity index (χ0n) is 7.83. The van der Waals surface area contributed by atoms with Gasteiger partial charge in [0.1, 0.15) is 11.8 Å². The van der Waals surface area contributed by atoms with Crippen molar-refractivity contribution in [3.8, 4) is 0 Å². The standard InChI is InChI=1S/C11H11BrO2/c1-7(5-13)8-3-2-4-9-10(12)6-14-11(8)9/h2-4,6-7,13H,5H2,1H3. The SMILES string of the molecule is CC(CO)c1cccc2c(Br)coc12. The lowest BCUT2D eigenvalue weighted by atomic mass is 10.0. The van der Waals surface area contributed by atoms with Gasteiger partial charge in [-0.1, -0.05) is 19.1 Å². The van der Waals surface area contributed by atoms with Crippen LogP contribution in [0, 0.1) is 0 Å². The van der Waals surface area contributed by atoms with Crippen molar-refractivity contribution in [3.63, 3.8) is 0 Å². The molecule has 0 bridgehead atoms. The lowest BCUT2D eigenvalue weighted by Crippen LogP contribution is -1.98. The summed E-state index contributed by atoms with van der Waals surface area (Å²) in [5, 5.41) is 10.2. The Bertz CT molecular complexity index is 447. The van der Waals surface area contributed by atoms with Crippen LogP contribution in [0.25, 0.3) is 11.0 Å². The number of para-hydroxylation sites is 1. The van der Waals surface area contributed by atoms with Gasteiger partial charge in [0, 0.05) is 23.5 Å². The van der Waals surface area contributed by atoms with Crippen LogP contribution >= 0.6 is 15.9 Å². The van der Waals surface area contributed by atoms with E-state index in [-0.39, 0.29) is 12.5 Å². The highest BCUT2D eigenvalue weighted by Gasteiger charge is 2.12. The number of fused-ring (bicyclic) bond motifs is 1. The molecule has 1 N–H and O–H groups in total. The molecule has 0 fully saturated rings. The van der Waals surface area contributed by atoms with E-state index >= 15 is 0 Å². The maximum Gasteiger partial charge on any atom is 0.138 e. The Morgan fingerprint density at radius 2 is 2.29 bits per heavy atom. The Balaban J connectivity index is 2.65. The Morgan fingerprint density at radius 3 is 3.00 bits per heavy atom. The minimum atomic E-state index is 0.108. The number of hydrogen-bond donors (Lipinski definition) is 1. The highest BCUT2D eigenvalue weighted by atomic mass is 79.9. The van der Waals surface area contributed by atoms with E-state index in [0.29, 0.717) is 0 Å². The summed E-state index contributed by atoms with van der Waals surface area (Å²) in [5.74, 6) is 0.108. The van der Waals surface area contributed by atoms with E-state index in [1.54, 1.807) is 6.26 Å². The predicted molar refractivity (Wildman–Crippen MR) is 59.4 cm³/mol. The molecule has 0 aliphatic carbocycles. The molecule has 0 aliphatic heterocycles. The van der Waals surface area contributed by atoms with Gasteiger partial charge in [-0.3, -0.25) is 0 Å². The Hall–Kier alpha value is -0.800. The fraction of sp³-hybridized carbons (Fsp3) is 0.273.